The van der Waals surface area contributed by atoms with Crippen LogP contribution in [0.3, 0.4) is 0 Å². The highest BCUT2D eigenvalue weighted by atomic mass is 79.9. The number of carbonyl (C=O) groups is 2. The molecular formula is C23H27BrN2O3. The minimum absolute atomic E-state index is 0.0310. The van der Waals surface area contributed by atoms with Gasteiger partial charge in [-0.15, -0.1) is 0 Å². The molecule has 0 atom stereocenters. The molecule has 1 fully saturated rings. The fraction of sp³-hybridized carbons (Fsp3) is 0.391. The van der Waals surface area contributed by atoms with E-state index < -0.39 is 0 Å². The van der Waals surface area contributed by atoms with Gasteiger partial charge in [-0.3, -0.25) is 9.59 Å². The van der Waals surface area contributed by atoms with Crippen molar-refractivity contribution in [3.8, 4) is 5.75 Å². The van der Waals surface area contributed by atoms with E-state index in [-0.39, 0.29) is 24.3 Å². The summed E-state index contributed by atoms with van der Waals surface area (Å²) < 4.78 is 6.75. The predicted molar refractivity (Wildman–Crippen MR) is 119 cm³/mol. The van der Waals surface area contributed by atoms with Crippen molar-refractivity contribution in [2.24, 2.45) is 0 Å². The van der Waals surface area contributed by atoms with Crippen LogP contribution in [-0.2, 0) is 4.79 Å². The molecule has 2 aromatic rings. The molecule has 0 bridgehead atoms. The van der Waals surface area contributed by atoms with Gasteiger partial charge < -0.3 is 15.0 Å². The molecule has 1 aliphatic rings. The van der Waals surface area contributed by atoms with E-state index in [1.54, 1.807) is 12.1 Å². The third-order valence-corrected chi connectivity index (χ3v) is 5.52. The summed E-state index contributed by atoms with van der Waals surface area (Å²) in [6, 6.07) is 12.9. The molecule has 0 radical (unpaired) electrons. The van der Waals surface area contributed by atoms with Gasteiger partial charge in [0.1, 0.15) is 5.75 Å². The number of carbonyl (C=O) groups excluding carboxylic acids is 2. The van der Waals surface area contributed by atoms with Gasteiger partial charge >= 0.3 is 0 Å². The number of amides is 2. The van der Waals surface area contributed by atoms with Crippen LogP contribution < -0.4 is 10.1 Å². The zero-order chi connectivity index (χ0) is 20.8. The molecule has 1 N–H and O–H groups in total. The Morgan fingerprint density at radius 1 is 1.10 bits per heavy atom. The van der Waals surface area contributed by atoms with Gasteiger partial charge in [-0.25, -0.2) is 0 Å². The number of ether oxygens (including phenoxy) is 1. The first kappa shape index (κ1) is 21.4. The lowest BCUT2D eigenvalue weighted by Crippen LogP contribution is -2.36. The molecule has 0 saturated carbocycles. The number of rotatable bonds is 6. The maximum Gasteiger partial charge on any atom is 0.262 e. The molecule has 154 valence electrons. The smallest absolute Gasteiger partial charge is 0.262 e. The number of para-hydroxylation sites is 1. The summed E-state index contributed by atoms with van der Waals surface area (Å²) in [5.74, 6) is 0.641. The standard InChI is InChI=1S/C23H27BrN2O3/c1-16(2)19-14-17(24)10-11-21(19)29-15-22(27)25-20-9-5-4-8-18(20)23(28)26-12-6-3-7-13-26/h4-5,8-11,14,16H,3,6-7,12-13,15H2,1-2H3,(H,25,27). The molecule has 0 aliphatic carbocycles. The summed E-state index contributed by atoms with van der Waals surface area (Å²) in [7, 11) is 0. The van der Waals surface area contributed by atoms with Crippen LogP contribution >= 0.6 is 15.9 Å². The topological polar surface area (TPSA) is 58.6 Å². The first-order valence-corrected chi connectivity index (χ1v) is 10.9. The van der Waals surface area contributed by atoms with Crippen molar-refractivity contribution in [3.63, 3.8) is 0 Å². The van der Waals surface area contributed by atoms with Crippen LogP contribution in [0.1, 0.15) is 54.9 Å². The van der Waals surface area contributed by atoms with E-state index in [0.717, 1.165) is 42.4 Å². The van der Waals surface area contributed by atoms with Gasteiger partial charge in [-0.1, -0.05) is 41.9 Å². The number of piperidine rings is 1. The van der Waals surface area contributed by atoms with Crippen LogP contribution in [0, 0.1) is 0 Å². The van der Waals surface area contributed by atoms with Crippen molar-refractivity contribution in [3.05, 3.63) is 58.1 Å². The Hall–Kier alpha value is -2.34. The Balaban J connectivity index is 1.67. The lowest BCUT2D eigenvalue weighted by atomic mass is 10.0. The fourth-order valence-corrected chi connectivity index (χ4v) is 3.86. The second kappa shape index (κ2) is 9.92. The lowest BCUT2D eigenvalue weighted by Gasteiger charge is -2.27. The first-order valence-electron chi connectivity index (χ1n) is 10.1. The highest BCUT2D eigenvalue weighted by Gasteiger charge is 2.21. The average Bonchev–Trinajstić information content (AvgIpc) is 2.73. The molecule has 0 aromatic heterocycles. The van der Waals surface area contributed by atoms with Crippen molar-refractivity contribution < 1.29 is 14.3 Å². The Morgan fingerprint density at radius 2 is 1.83 bits per heavy atom. The van der Waals surface area contributed by atoms with Gasteiger partial charge in [-0.2, -0.15) is 0 Å². The summed E-state index contributed by atoms with van der Waals surface area (Å²) in [6.45, 7) is 5.58. The minimum atomic E-state index is -0.290. The van der Waals surface area contributed by atoms with Crippen LogP contribution in [0.5, 0.6) is 5.75 Å². The van der Waals surface area contributed by atoms with Gasteiger partial charge in [0.05, 0.1) is 11.3 Å². The van der Waals surface area contributed by atoms with Gasteiger partial charge in [-0.05, 0) is 61.1 Å². The summed E-state index contributed by atoms with van der Waals surface area (Å²) in [6.07, 6.45) is 3.22. The number of hydrogen-bond donors (Lipinski definition) is 1. The molecule has 6 heteroatoms. The molecule has 5 nitrogen and oxygen atoms in total. The Morgan fingerprint density at radius 3 is 2.55 bits per heavy atom. The fourth-order valence-electron chi connectivity index (χ4n) is 3.48. The minimum Gasteiger partial charge on any atom is -0.483 e. The lowest BCUT2D eigenvalue weighted by molar-refractivity contribution is -0.118. The zero-order valence-electron chi connectivity index (χ0n) is 16.9. The molecule has 1 saturated heterocycles. The van der Waals surface area contributed by atoms with Gasteiger partial charge in [0.15, 0.2) is 6.61 Å². The van der Waals surface area contributed by atoms with Crippen molar-refractivity contribution in [1.82, 2.24) is 4.90 Å². The van der Waals surface area contributed by atoms with E-state index in [1.807, 2.05) is 35.2 Å². The number of nitrogens with one attached hydrogen (secondary N) is 1. The number of halogens is 1. The van der Waals surface area contributed by atoms with Crippen molar-refractivity contribution in [2.45, 2.75) is 39.0 Å². The van der Waals surface area contributed by atoms with Crippen LogP contribution in [0.4, 0.5) is 5.69 Å². The molecule has 1 aliphatic heterocycles. The van der Waals surface area contributed by atoms with Crippen LogP contribution in [0.25, 0.3) is 0 Å². The monoisotopic (exact) mass is 458 g/mol. The van der Waals surface area contributed by atoms with E-state index >= 15 is 0 Å². The number of hydrogen-bond acceptors (Lipinski definition) is 3. The van der Waals surface area contributed by atoms with E-state index in [9.17, 15) is 9.59 Å². The molecule has 29 heavy (non-hydrogen) atoms. The quantitative estimate of drug-likeness (QED) is 0.645. The highest BCUT2D eigenvalue weighted by molar-refractivity contribution is 9.10. The Kier molecular flexibility index (Phi) is 7.31. The second-order valence-corrected chi connectivity index (χ2v) is 8.49. The first-order chi connectivity index (χ1) is 14.0. The summed E-state index contributed by atoms with van der Waals surface area (Å²) in [5, 5.41) is 2.84. The van der Waals surface area contributed by atoms with E-state index in [0.29, 0.717) is 17.0 Å². The summed E-state index contributed by atoms with van der Waals surface area (Å²) in [4.78, 5) is 27.2. The molecule has 3 rings (SSSR count). The normalized spacial score (nSPS) is 14.0. The van der Waals surface area contributed by atoms with E-state index in [1.165, 1.54) is 0 Å². The number of likely N-dealkylation sites (tertiary alicyclic amines) is 1. The summed E-state index contributed by atoms with van der Waals surface area (Å²) in [5.41, 5.74) is 2.08. The molecule has 2 amide bonds. The number of anilines is 1. The van der Waals surface area contributed by atoms with Gasteiger partial charge in [0.25, 0.3) is 11.8 Å². The molecule has 2 aromatic carbocycles. The molecule has 0 spiro atoms. The second-order valence-electron chi connectivity index (χ2n) is 7.57. The highest BCUT2D eigenvalue weighted by Crippen LogP contribution is 2.29. The average molecular weight is 459 g/mol. The van der Waals surface area contributed by atoms with Gasteiger partial charge in [0.2, 0.25) is 0 Å². The molecule has 1 heterocycles. The number of benzene rings is 2. The maximum atomic E-state index is 12.9. The van der Waals surface area contributed by atoms with Gasteiger partial charge in [0, 0.05) is 17.6 Å². The van der Waals surface area contributed by atoms with Crippen molar-refractivity contribution >= 4 is 33.4 Å². The van der Waals surface area contributed by atoms with E-state index in [2.05, 4.69) is 35.1 Å². The Bertz CT molecular complexity index is 876. The van der Waals surface area contributed by atoms with Crippen LogP contribution in [0.15, 0.2) is 46.9 Å². The zero-order valence-corrected chi connectivity index (χ0v) is 18.5. The number of nitrogens with zero attached hydrogens (tertiary/aromatic N) is 1. The van der Waals surface area contributed by atoms with E-state index in [4.69, 9.17) is 4.74 Å². The predicted octanol–water partition coefficient (Wildman–Crippen LogP) is 5.22. The molecular weight excluding hydrogens is 432 g/mol. The Labute approximate surface area is 180 Å². The summed E-state index contributed by atoms with van der Waals surface area (Å²) >= 11 is 3.47. The third kappa shape index (κ3) is 5.60. The maximum absolute atomic E-state index is 12.9. The van der Waals surface area contributed by atoms with Crippen molar-refractivity contribution in [1.29, 1.82) is 0 Å². The van der Waals surface area contributed by atoms with Crippen molar-refractivity contribution in [2.75, 3.05) is 25.0 Å². The molecule has 0 unspecified atom stereocenters. The van der Waals surface area contributed by atoms with Crippen LogP contribution in [0.2, 0.25) is 0 Å². The largest absolute Gasteiger partial charge is 0.483 e. The third-order valence-electron chi connectivity index (χ3n) is 5.03. The SMILES string of the molecule is CC(C)c1cc(Br)ccc1OCC(=O)Nc1ccccc1C(=O)N1CCCCC1. The van der Waals surface area contributed by atoms with Crippen LogP contribution in [-0.4, -0.2) is 36.4 Å².